The summed E-state index contributed by atoms with van der Waals surface area (Å²) in [7, 11) is 1.38. The van der Waals surface area contributed by atoms with E-state index in [-0.39, 0.29) is 24.9 Å². The first kappa shape index (κ1) is 17.2. The maximum Gasteiger partial charge on any atom is 0.321 e. The van der Waals surface area contributed by atoms with E-state index in [1.165, 1.54) is 24.1 Å². The summed E-state index contributed by atoms with van der Waals surface area (Å²) in [4.78, 5) is 13.6. The number of aliphatic hydroxyl groups excluding tert-OH is 1. The molecule has 0 aromatic heterocycles. The van der Waals surface area contributed by atoms with E-state index in [2.05, 4.69) is 12.2 Å². The highest BCUT2D eigenvalue weighted by Gasteiger charge is 2.13. The minimum atomic E-state index is -0.532. The Hall–Kier alpha value is -1.82. The molecule has 2 amide bonds. The van der Waals surface area contributed by atoms with Gasteiger partial charge >= 0.3 is 6.03 Å². The standard InChI is InChI=1S/C15H23FN2O3/c1-3-4-5-8-18(9-10-19)15(20)17-12-6-7-14(21-2)13(16)11-12/h6-7,11,19H,3-5,8-10H2,1-2H3,(H,17,20). The number of amides is 2. The van der Waals surface area contributed by atoms with Gasteiger partial charge in [-0.2, -0.15) is 0 Å². The molecule has 0 radical (unpaired) electrons. The molecule has 0 aliphatic heterocycles. The van der Waals surface area contributed by atoms with E-state index >= 15 is 0 Å². The highest BCUT2D eigenvalue weighted by Crippen LogP contribution is 2.20. The van der Waals surface area contributed by atoms with Crippen molar-refractivity contribution in [3.05, 3.63) is 24.0 Å². The number of benzene rings is 1. The molecule has 0 saturated heterocycles. The van der Waals surface area contributed by atoms with Crippen molar-refractivity contribution in [2.75, 3.05) is 32.1 Å². The van der Waals surface area contributed by atoms with Crippen LogP contribution in [-0.2, 0) is 0 Å². The molecule has 1 aromatic rings. The second-order valence-electron chi connectivity index (χ2n) is 4.70. The highest BCUT2D eigenvalue weighted by molar-refractivity contribution is 5.89. The molecule has 0 spiro atoms. The fourth-order valence-electron chi connectivity index (χ4n) is 1.93. The van der Waals surface area contributed by atoms with Crippen LogP contribution in [0.5, 0.6) is 5.75 Å². The molecule has 21 heavy (non-hydrogen) atoms. The number of halogens is 1. The number of rotatable bonds is 8. The molecule has 0 aliphatic rings. The Morgan fingerprint density at radius 3 is 2.71 bits per heavy atom. The number of carbonyl (C=O) groups is 1. The molecule has 1 rings (SSSR count). The van der Waals surface area contributed by atoms with Crippen LogP contribution < -0.4 is 10.1 Å². The fourth-order valence-corrected chi connectivity index (χ4v) is 1.93. The van der Waals surface area contributed by atoms with Gasteiger partial charge in [-0.25, -0.2) is 9.18 Å². The highest BCUT2D eigenvalue weighted by atomic mass is 19.1. The predicted octanol–water partition coefficient (Wildman–Crippen LogP) is 2.85. The largest absolute Gasteiger partial charge is 0.494 e. The average Bonchev–Trinajstić information content (AvgIpc) is 2.46. The molecule has 6 heteroatoms. The number of aliphatic hydroxyl groups is 1. The number of methoxy groups -OCH3 is 1. The maximum absolute atomic E-state index is 13.6. The third-order valence-corrected chi connectivity index (χ3v) is 3.09. The third kappa shape index (κ3) is 5.59. The van der Waals surface area contributed by atoms with Gasteiger partial charge in [-0.1, -0.05) is 19.8 Å². The van der Waals surface area contributed by atoms with Crippen LogP contribution in [0.1, 0.15) is 26.2 Å². The number of ether oxygens (including phenoxy) is 1. The maximum atomic E-state index is 13.6. The van der Waals surface area contributed by atoms with Crippen LogP contribution in [0, 0.1) is 5.82 Å². The van der Waals surface area contributed by atoms with E-state index in [9.17, 15) is 9.18 Å². The van der Waals surface area contributed by atoms with Crippen molar-refractivity contribution in [3.63, 3.8) is 0 Å². The molecule has 0 fully saturated rings. The molecule has 118 valence electrons. The summed E-state index contributed by atoms with van der Waals surface area (Å²) in [5.41, 5.74) is 0.358. The lowest BCUT2D eigenvalue weighted by Gasteiger charge is -2.22. The molecule has 0 bridgehead atoms. The first-order chi connectivity index (χ1) is 10.1. The lowest BCUT2D eigenvalue weighted by atomic mass is 10.2. The topological polar surface area (TPSA) is 61.8 Å². The molecule has 0 unspecified atom stereocenters. The number of carbonyl (C=O) groups excluding carboxylic acids is 1. The summed E-state index contributed by atoms with van der Waals surface area (Å²) in [5.74, 6) is -0.404. The lowest BCUT2D eigenvalue weighted by Crippen LogP contribution is -2.37. The van der Waals surface area contributed by atoms with Crippen LogP contribution in [0.4, 0.5) is 14.9 Å². The van der Waals surface area contributed by atoms with E-state index in [4.69, 9.17) is 9.84 Å². The smallest absolute Gasteiger partial charge is 0.321 e. The zero-order valence-corrected chi connectivity index (χ0v) is 12.6. The first-order valence-corrected chi connectivity index (χ1v) is 7.12. The van der Waals surface area contributed by atoms with Crippen molar-refractivity contribution < 1.29 is 19.0 Å². The number of anilines is 1. The minimum Gasteiger partial charge on any atom is -0.494 e. The Morgan fingerprint density at radius 2 is 2.14 bits per heavy atom. The lowest BCUT2D eigenvalue weighted by molar-refractivity contribution is 0.187. The molecule has 0 heterocycles. The van der Waals surface area contributed by atoms with Crippen molar-refractivity contribution in [2.24, 2.45) is 0 Å². The van der Waals surface area contributed by atoms with Gasteiger partial charge in [0.2, 0.25) is 0 Å². The van der Waals surface area contributed by atoms with Crippen molar-refractivity contribution in [2.45, 2.75) is 26.2 Å². The van der Waals surface area contributed by atoms with Crippen molar-refractivity contribution >= 4 is 11.7 Å². The summed E-state index contributed by atoms with van der Waals surface area (Å²) in [6, 6.07) is 3.89. The quantitative estimate of drug-likeness (QED) is 0.725. The molecule has 0 saturated carbocycles. The van der Waals surface area contributed by atoms with Gasteiger partial charge in [-0.05, 0) is 18.6 Å². The number of urea groups is 1. The van der Waals surface area contributed by atoms with Gasteiger partial charge in [0.1, 0.15) is 0 Å². The fraction of sp³-hybridized carbons (Fsp3) is 0.533. The Labute approximate surface area is 124 Å². The van der Waals surface area contributed by atoms with Crippen LogP contribution in [0.25, 0.3) is 0 Å². The van der Waals surface area contributed by atoms with Gasteiger partial charge in [0.15, 0.2) is 11.6 Å². The van der Waals surface area contributed by atoms with E-state index in [0.29, 0.717) is 12.2 Å². The van der Waals surface area contributed by atoms with E-state index < -0.39 is 5.82 Å². The number of unbranched alkanes of at least 4 members (excludes halogenated alkanes) is 2. The van der Waals surface area contributed by atoms with Crippen molar-refractivity contribution in [1.29, 1.82) is 0 Å². The van der Waals surface area contributed by atoms with E-state index in [1.807, 2.05) is 0 Å². The van der Waals surface area contributed by atoms with Crippen LogP contribution in [0.2, 0.25) is 0 Å². The Morgan fingerprint density at radius 1 is 1.38 bits per heavy atom. The number of nitrogens with zero attached hydrogens (tertiary/aromatic N) is 1. The van der Waals surface area contributed by atoms with E-state index in [1.54, 1.807) is 6.07 Å². The van der Waals surface area contributed by atoms with Crippen LogP contribution in [0.15, 0.2) is 18.2 Å². The monoisotopic (exact) mass is 298 g/mol. The van der Waals surface area contributed by atoms with Crippen molar-refractivity contribution in [3.8, 4) is 5.75 Å². The zero-order valence-electron chi connectivity index (χ0n) is 12.6. The summed E-state index contributed by atoms with van der Waals surface area (Å²) >= 11 is 0. The molecule has 2 N–H and O–H groups in total. The normalized spacial score (nSPS) is 10.3. The van der Waals surface area contributed by atoms with Gasteiger partial charge in [0.25, 0.3) is 0 Å². The summed E-state index contributed by atoms with van der Waals surface area (Å²) in [6.45, 7) is 2.81. The Balaban J connectivity index is 2.65. The van der Waals surface area contributed by atoms with Crippen molar-refractivity contribution in [1.82, 2.24) is 4.90 Å². The van der Waals surface area contributed by atoms with Gasteiger partial charge in [0.05, 0.1) is 13.7 Å². The molecule has 0 atom stereocenters. The molecular weight excluding hydrogens is 275 g/mol. The Bertz CT molecular complexity index is 455. The van der Waals surface area contributed by atoms with Crippen LogP contribution in [0.3, 0.4) is 0 Å². The summed E-state index contributed by atoms with van der Waals surface area (Å²) in [6.07, 6.45) is 2.95. The van der Waals surface area contributed by atoms with Gasteiger partial charge in [-0.3, -0.25) is 0 Å². The molecule has 1 aromatic carbocycles. The van der Waals surface area contributed by atoms with E-state index in [0.717, 1.165) is 19.3 Å². The average molecular weight is 298 g/mol. The van der Waals surface area contributed by atoms with Crippen LogP contribution >= 0.6 is 0 Å². The van der Waals surface area contributed by atoms with Gasteiger partial charge in [0, 0.05) is 24.8 Å². The number of nitrogens with one attached hydrogen (secondary N) is 1. The molecule has 5 nitrogen and oxygen atoms in total. The second-order valence-corrected chi connectivity index (χ2v) is 4.70. The van der Waals surface area contributed by atoms with Gasteiger partial charge in [-0.15, -0.1) is 0 Å². The Kier molecular flexibility index (Phi) is 7.53. The first-order valence-electron chi connectivity index (χ1n) is 7.12. The summed E-state index contributed by atoms with van der Waals surface area (Å²) < 4.78 is 18.4. The second kappa shape index (κ2) is 9.18. The zero-order chi connectivity index (χ0) is 15.7. The van der Waals surface area contributed by atoms with Gasteiger partial charge < -0.3 is 20.1 Å². The predicted molar refractivity (Wildman–Crippen MR) is 80.2 cm³/mol. The molecular formula is C15H23FN2O3. The molecule has 0 aliphatic carbocycles. The number of hydrogen-bond donors (Lipinski definition) is 2. The third-order valence-electron chi connectivity index (χ3n) is 3.09. The minimum absolute atomic E-state index is 0.101. The van der Waals surface area contributed by atoms with Crippen LogP contribution in [-0.4, -0.2) is 42.8 Å². The SMILES string of the molecule is CCCCCN(CCO)C(=O)Nc1ccc(OC)c(F)c1. The number of hydrogen-bond acceptors (Lipinski definition) is 3. The summed E-state index contributed by atoms with van der Waals surface area (Å²) in [5, 5.41) is 11.6.